The molecule has 0 radical (unpaired) electrons. The fraction of sp³-hybridized carbons (Fsp3) is 0.200. The number of nitrogens with one attached hydrogen (secondary N) is 3. The van der Waals surface area contributed by atoms with Gasteiger partial charge in [0.2, 0.25) is 10.0 Å². The van der Waals surface area contributed by atoms with Gasteiger partial charge >= 0.3 is 6.03 Å². The molecule has 0 bridgehead atoms. The Morgan fingerprint density at radius 3 is 2.61 bits per heavy atom. The molecule has 0 saturated heterocycles. The van der Waals surface area contributed by atoms with E-state index in [0.717, 1.165) is 5.56 Å². The van der Waals surface area contributed by atoms with Crippen LogP contribution in [0.1, 0.15) is 11.1 Å². The van der Waals surface area contributed by atoms with E-state index in [9.17, 15) is 13.2 Å². The summed E-state index contributed by atoms with van der Waals surface area (Å²) in [5.41, 5.74) is 1.47. The van der Waals surface area contributed by atoms with Crippen molar-refractivity contribution >= 4 is 21.9 Å². The summed E-state index contributed by atoms with van der Waals surface area (Å²) in [6.45, 7) is 0.284. The van der Waals surface area contributed by atoms with Gasteiger partial charge in [-0.3, -0.25) is 5.32 Å². The highest BCUT2D eigenvalue weighted by Crippen LogP contribution is 2.08. The summed E-state index contributed by atoms with van der Waals surface area (Å²) in [6.07, 6.45) is 1.58. The second kappa shape index (κ2) is 7.70. The lowest BCUT2D eigenvalue weighted by atomic mass is 10.1. The number of hydrogen-bond donors (Lipinski definition) is 3. The number of rotatable bonds is 6. The van der Waals surface area contributed by atoms with Gasteiger partial charge in [-0.1, -0.05) is 30.3 Å². The van der Waals surface area contributed by atoms with E-state index < -0.39 is 10.0 Å². The molecule has 0 aliphatic heterocycles. The lowest BCUT2D eigenvalue weighted by molar-refractivity contribution is 0.251. The average Bonchev–Trinajstić information content (AvgIpc) is 2.54. The number of aromatic nitrogens is 1. The Morgan fingerprint density at radius 2 is 1.91 bits per heavy atom. The van der Waals surface area contributed by atoms with Gasteiger partial charge in [-0.2, -0.15) is 0 Å². The molecule has 0 aliphatic carbocycles. The first-order valence-electron chi connectivity index (χ1n) is 6.93. The maximum atomic E-state index is 11.8. The van der Waals surface area contributed by atoms with E-state index in [0.29, 0.717) is 11.4 Å². The summed E-state index contributed by atoms with van der Waals surface area (Å²) in [5.74, 6) is 0.358. The lowest BCUT2D eigenvalue weighted by Gasteiger charge is -2.08. The zero-order chi connectivity index (χ0) is 16.7. The van der Waals surface area contributed by atoms with Crippen LogP contribution in [0.15, 0.2) is 48.7 Å². The highest BCUT2D eigenvalue weighted by molar-refractivity contribution is 7.88. The van der Waals surface area contributed by atoms with E-state index in [-0.39, 0.29) is 18.3 Å². The van der Waals surface area contributed by atoms with E-state index in [4.69, 9.17) is 0 Å². The molecule has 0 fully saturated rings. The molecule has 3 N–H and O–H groups in total. The summed E-state index contributed by atoms with van der Waals surface area (Å²) in [5, 5.41) is 5.30. The van der Waals surface area contributed by atoms with Crippen molar-refractivity contribution < 1.29 is 13.2 Å². The Hall–Kier alpha value is -2.45. The Labute approximate surface area is 135 Å². The molecule has 0 unspecified atom stereocenters. The van der Waals surface area contributed by atoms with E-state index in [1.807, 2.05) is 6.07 Å². The van der Waals surface area contributed by atoms with Gasteiger partial charge in [-0.15, -0.1) is 0 Å². The molecule has 1 aromatic heterocycles. The molecular weight excluding hydrogens is 316 g/mol. The van der Waals surface area contributed by atoms with Crippen LogP contribution in [-0.4, -0.2) is 26.5 Å². The van der Waals surface area contributed by atoms with Gasteiger partial charge in [-0.05, 0) is 30.3 Å². The number of amides is 2. The normalized spacial score (nSPS) is 11.0. The summed E-state index contributed by atoms with van der Waals surface area (Å²) >= 11 is 0. The Morgan fingerprint density at radius 1 is 1.13 bits per heavy atom. The molecule has 122 valence electrons. The minimum absolute atomic E-state index is 0.0997. The van der Waals surface area contributed by atoms with Crippen LogP contribution >= 0.6 is 0 Å². The van der Waals surface area contributed by atoms with E-state index in [1.165, 1.54) is 7.05 Å². The van der Waals surface area contributed by atoms with Crippen LogP contribution < -0.4 is 15.4 Å². The fourth-order valence-corrected chi connectivity index (χ4v) is 2.66. The number of carbonyl (C=O) groups excluding carboxylic acids is 1. The van der Waals surface area contributed by atoms with E-state index >= 15 is 0 Å². The Bertz CT molecular complexity index is 763. The van der Waals surface area contributed by atoms with Gasteiger partial charge in [0.15, 0.2) is 0 Å². The Balaban J connectivity index is 1.92. The van der Waals surface area contributed by atoms with Crippen molar-refractivity contribution in [3.8, 4) is 0 Å². The molecule has 0 spiro atoms. The quantitative estimate of drug-likeness (QED) is 0.744. The number of sulfonamides is 1. The van der Waals surface area contributed by atoms with Gasteiger partial charge in [0.25, 0.3) is 0 Å². The first-order chi connectivity index (χ1) is 11.0. The molecule has 7 nitrogen and oxygen atoms in total. The predicted molar refractivity (Wildman–Crippen MR) is 88.2 cm³/mol. The molecule has 0 atom stereocenters. The minimum atomic E-state index is -3.32. The third kappa shape index (κ3) is 5.68. The first kappa shape index (κ1) is 16.9. The lowest BCUT2D eigenvalue weighted by Crippen LogP contribution is -2.28. The molecular formula is C15H18N4O3S. The molecule has 1 aromatic carbocycles. The first-order valence-corrected chi connectivity index (χ1v) is 8.59. The highest BCUT2D eigenvalue weighted by atomic mass is 32.2. The summed E-state index contributed by atoms with van der Waals surface area (Å²) in [7, 11) is -1.94. The summed E-state index contributed by atoms with van der Waals surface area (Å²) < 4.78 is 25.4. The third-order valence-corrected chi connectivity index (χ3v) is 4.35. The number of anilines is 1. The van der Waals surface area contributed by atoms with Crippen LogP contribution in [0.2, 0.25) is 0 Å². The Kier molecular flexibility index (Phi) is 5.67. The van der Waals surface area contributed by atoms with Crippen molar-refractivity contribution in [2.45, 2.75) is 12.3 Å². The molecule has 2 amide bonds. The fourth-order valence-electron chi connectivity index (χ4n) is 1.90. The molecule has 2 aromatic rings. The minimum Gasteiger partial charge on any atom is -0.334 e. The molecule has 8 heteroatoms. The number of carbonyl (C=O) groups is 1. The maximum absolute atomic E-state index is 11.8. The molecule has 23 heavy (non-hydrogen) atoms. The second-order valence-electron chi connectivity index (χ2n) is 4.81. The van der Waals surface area contributed by atoms with E-state index in [1.54, 1.807) is 42.6 Å². The largest absolute Gasteiger partial charge is 0.334 e. The number of benzene rings is 1. The van der Waals surface area contributed by atoms with E-state index in [2.05, 4.69) is 20.3 Å². The SMILES string of the molecule is CNS(=O)(=O)Cc1cccc(CNC(=O)Nc2ccccn2)c1. The molecule has 2 rings (SSSR count). The van der Waals surface area contributed by atoms with Crippen LogP contribution in [0.4, 0.5) is 10.6 Å². The predicted octanol–water partition coefficient (Wildman–Crippen LogP) is 1.45. The standard InChI is InChI=1S/C15H18N4O3S/c1-16-23(21,22)11-13-6-4-5-12(9-13)10-18-15(20)19-14-7-2-3-8-17-14/h2-9,16H,10-11H2,1H3,(H2,17,18,19,20). The van der Waals surface area contributed by atoms with Crippen molar-refractivity contribution in [3.63, 3.8) is 0 Å². The maximum Gasteiger partial charge on any atom is 0.320 e. The van der Waals surface area contributed by atoms with Gasteiger partial charge in [-0.25, -0.2) is 22.9 Å². The van der Waals surface area contributed by atoms with Crippen LogP contribution in [0.5, 0.6) is 0 Å². The zero-order valence-corrected chi connectivity index (χ0v) is 13.4. The second-order valence-corrected chi connectivity index (χ2v) is 6.73. The van der Waals surface area contributed by atoms with Gasteiger partial charge < -0.3 is 5.32 Å². The monoisotopic (exact) mass is 334 g/mol. The number of urea groups is 1. The van der Waals surface area contributed by atoms with Gasteiger partial charge in [0, 0.05) is 12.7 Å². The topological polar surface area (TPSA) is 100 Å². The number of pyridine rings is 1. The van der Waals surface area contributed by atoms with Crippen molar-refractivity contribution in [3.05, 3.63) is 59.8 Å². The number of nitrogens with zero attached hydrogens (tertiary/aromatic N) is 1. The summed E-state index contributed by atoms with van der Waals surface area (Å²) in [6, 6.07) is 11.9. The van der Waals surface area contributed by atoms with Crippen LogP contribution in [0, 0.1) is 0 Å². The summed E-state index contributed by atoms with van der Waals surface area (Å²) in [4.78, 5) is 15.8. The number of hydrogen-bond acceptors (Lipinski definition) is 4. The van der Waals surface area contributed by atoms with Gasteiger partial charge in [0.05, 0.1) is 5.75 Å². The van der Waals surface area contributed by atoms with Crippen LogP contribution in [-0.2, 0) is 22.3 Å². The van der Waals surface area contributed by atoms with Gasteiger partial charge in [0.1, 0.15) is 5.82 Å². The molecule has 0 aliphatic rings. The highest BCUT2D eigenvalue weighted by Gasteiger charge is 2.09. The molecule has 0 saturated carbocycles. The zero-order valence-electron chi connectivity index (χ0n) is 12.6. The molecule has 1 heterocycles. The smallest absolute Gasteiger partial charge is 0.320 e. The van der Waals surface area contributed by atoms with Crippen molar-refractivity contribution in [1.29, 1.82) is 0 Å². The van der Waals surface area contributed by atoms with Crippen molar-refractivity contribution in [2.75, 3.05) is 12.4 Å². The third-order valence-electron chi connectivity index (χ3n) is 3.02. The van der Waals surface area contributed by atoms with Crippen molar-refractivity contribution in [2.24, 2.45) is 0 Å². The van der Waals surface area contributed by atoms with Crippen LogP contribution in [0.25, 0.3) is 0 Å². The average molecular weight is 334 g/mol. The van der Waals surface area contributed by atoms with Crippen LogP contribution in [0.3, 0.4) is 0 Å². The van der Waals surface area contributed by atoms with Crippen molar-refractivity contribution in [1.82, 2.24) is 15.0 Å².